The summed E-state index contributed by atoms with van der Waals surface area (Å²) in [5, 5.41) is 10.2. The first-order valence-electron chi connectivity index (χ1n) is 5.78. The van der Waals surface area contributed by atoms with Crippen molar-refractivity contribution in [3.8, 4) is 0 Å². The van der Waals surface area contributed by atoms with Crippen LogP contribution in [0.5, 0.6) is 0 Å². The second kappa shape index (κ2) is 3.64. The van der Waals surface area contributed by atoms with Gasteiger partial charge in [-0.05, 0) is 41.4 Å². The third kappa shape index (κ3) is 2.07. The lowest BCUT2D eigenvalue weighted by molar-refractivity contribution is 0.0626. The van der Waals surface area contributed by atoms with E-state index in [1.165, 1.54) is 30.4 Å². The number of hydrogen-bond acceptors (Lipinski definition) is 1. The zero-order valence-corrected chi connectivity index (χ0v) is 9.88. The van der Waals surface area contributed by atoms with Gasteiger partial charge < -0.3 is 5.11 Å². The molecule has 0 bridgehead atoms. The molecule has 1 aliphatic carbocycles. The first-order valence-corrected chi connectivity index (χ1v) is 5.78. The van der Waals surface area contributed by atoms with Crippen molar-refractivity contribution in [2.75, 3.05) is 0 Å². The fourth-order valence-electron chi connectivity index (χ4n) is 2.26. The minimum atomic E-state index is -0.358. The molecular weight excluding hydrogens is 184 g/mol. The Balaban J connectivity index is 2.31. The minimum Gasteiger partial charge on any atom is -0.388 e. The van der Waals surface area contributed by atoms with Gasteiger partial charge in [-0.2, -0.15) is 0 Å². The Morgan fingerprint density at radius 1 is 1.13 bits per heavy atom. The highest BCUT2D eigenvalue weighted by molar-refractivity contribution is 5.36. The molecular formula is C14H20O. The molecule has 1 aliphatic rings. The van der Waals surface area contributed by atoms with Crippen molar-refractivity contribution >= 4 is 0 Å². The molecule has 0 aromatic heterocycles. The lowest BCUT2D eigenvalue weighted by Crippen LogP contribution is -2.17. The van der Waals surface area contributed by atoms with E-state index in [1.54, 1.807) is 0 Å². The van der Waals surface area contributed by atoms with Gasteiger partial charge in [0.15, 0.2) is 0 Å². The second-order valence-electron chi connectivity index (χ2n) is 5.65. The van der Waals surface area contributed by atoms with Crippen LogP contribution in [0.15, 0.2) is 18.2 Å². The largest absolute Gasteiger partial charge is 0.388 e. The molecule has 0 saturated carbocycles. The number of aliphatic hydroxyl groups is 1. The molecule has 82 valence electrons. The summed E-state index contributed by atoms with van der Waals surface area (Å²) in [6.07, 6.45) is 3.30. The molecule has 15 heavy (non-hydrogen) atoms. The summed E-state index contributed by atoms with van der Waals surface area (Å²) in [5.41, 5.74) is 3.91. The number of aliphatic hydroxyl groups excluding tert-OH is 1. The van der Waals surface area contributed by atoms with Gasteiger partial charge in [-0.15, -0.1) is 0 Å². The number of fused-ring (bicyclic) bond motifs is 1. The number of rotatable bonds is 1. The molecule has 0 saturated heterocycles. The highest BCUT2D eigenvalue weighted by Crippen LogP contribution is 2.34. The molecule has 1 atom stereocenters. The first-order chi connectivity index (χ1) is 6.98. The fourth-order valence-corrected chi connectivity index (χ4v) is 2.26. The van der Waals surface area contributed by atoms with Crippen molar-refractivity contribution in [2.45, 2.75) is 46.1 Å². The van der Waals surface area contributed by atoms with Gasteiger partial charge in [-0.25, -0.2) is 0 Å². The Morgan fingerprint density at radius 2 is 1.80 bits per heavy atom. The Labute approximate surface area is 92.1 Å². The van der Waals surface area contributed by atoms with Gasteiger partial charge in [0.1, 0.15) is 0 Å². The van der Waals surface area contributed by atoms with Gasteiger partial charge in [0.25, 0.3) is 0 Å². The van der Waals surface area contributed by atoms with E-state index in [9.17, 15) is 5.11 Å². The van der Waals surface area contributed by atoms with Crippen molar-refractivity contribution in [2.24, 2.45) is 5.41 Å². The van der Waals surface area contributed by atoms with Crippen molar-refractivity contribution in [3.05, 3.63) is 34.9 Å². The van der Waals surface area contributed by atoms with Gasteiger partial charge >= 0.3 is 0 Å². The molecule has 1 aromatic carbocycles. The summed E-state index contributed by atoms with van der Waals surface area (Å²) >= 11 is 0. The summed E-state index contributed by atoms with van der Waals surface area (Å²) < 4.78 is 0. The van der Waals surface area contributed by atoms with E-state index in [4.69, 9.17) is 0 Å². The minimum absolute atomic E-state index is 0.0765. The SMILES string of the molecule is CC(C)(C)C(O)c1ccc2c(c1)CCC2. The molecule has 0 heterocycles. The maximum Gasteiger partial charge on any atom is 0.0838 e. The molecule has 1 aromatic rings. The van der Waals surface area contributed by atoms with Crippen molar-refractivity contribution in [3.63, 3.8) is 0 Å². The molecule has 1 heteroatoms. The Kier molecular flexibility index (Phi) is 2.59. The highest BCUT2D eigenvalue weighted by Gasteiger charge is 2.24. The van der Waals surface area contributed by atoms with Gasteiger partial charge in [-0.3, -0.25) is 0 Å². The number of benzene rings is 1. The van der Waals surface area contributed by atoms with Crippen LogP contribution in [0.4, 0.5) is 0 Å². The van der Waals surface area contributed by atoms with E-state index in [0.717, 1.165) is 5.56 Å². The average molecular weight is 204 g/mol. The van der Waals surface area contributed by atoms with Gasteiger partial charge in [-0.1, -0.05) is 39.0 Å². The quantitative estimate of drug-likeness (QED) is 0.744. The number of hydrogen-bond donors (Lipinski definition) is 1. The third-order valence-corrected chi connectivity index (χ3v) is 3.26. The van der Waals surface area contributed by atoms with E-state index in [-0.39, 0.29) is 11.5 Å². The van der Waals surface area contributed by atoms with E-state index >= 15 is 0 Å². The molecule has 0 amide bonds. The lowest BCUT2D eigenvalue weighted by atomic mass is 9.84. The topological polar surface area (TPSA) is 20.2 Å². The van der Waals surface area contributed by atoms with Crippen molar-refractivity contribution < 1.29 is 5.11 Å². The van der Waals surface area contributed by atoms with E-state index in [1.807, 2.05) is 0 Å². The van der Waals surface area contributed by atoms with Crippen LogP contribution < -0.4 is 0 Å². The molecule has 2 rings (SSSR count). The molecule has 1 N–H and O–H groups in total. The van der Waals surface area contributed by atoms with Crippen molar-refractivity contribution in [1.29, 1.82) is 0 Å². The van der Waals surface area contributed by atoms with Crippen LogP contribution in [0.25, 0.3) is 0 Å². The van der Waals surface area contributed by atoms with Crippen LogP contribution in [-0.2, 0) is 12.8 Å². The Bertz CT molecular complexity index is 360. The fraction of sp³-hybridized carbons (Fsp3) is 0.571. The number of aryl methyl sites for hydroxylation is 2. The van der Waals surface area contributed by atoms with E-state index in [2.05, 4.69) is 39.0 Å². The second-order valence-corrected chi connectivity index (χ2v) is 5.65. The smallest absolute Gasteiger partial charge is 0.0838 e. The highest BCUT2D eigenvalue weighted by atomic mass is 16.3. The third-order valence-electron chi connectivity index (χ3n) is 3.26. The van der Waals surface area contributed by atoms with E-state index in [0.29, 0.717) is 0 Å². The summed E-state index contributed by atoms with van der Waals surface area (Å²) in [6, 6.07) is 6.46. The molecule has 1 nitrogen and oxygen atoms in total. The van der Waals surface area contributed by atoms with E-state index < -0.39 is 0 Å². The van der Waals surface area contributed by atoms with Gasteiger partial charge in [0, 0.05) is 0 Å². The zero-order chi connectivity index (χ0) is 11.1. The predicted octanol–water partition coefficient (Wildman–Crippen LogP) is 3.25. The maximum atomic E-state index is 10.2. The average Bonchev–Trinajstić information content (AvgIpc) is 2.61. The van der Waals surface area contributed by atoms with Gasteiger partial charge in [0.2, 0.25) is 0 Å². The first kappa shape index (κ1) is 10.7. The van der Waals surface area contributed by atoms with Crippen LogP contribution in [0.2, 0.25) is 0 Å². The summed E-state index contributed by atoms with van der Waals surface area (Å²) in [6.45, 7) is 6.22. The van der Waals surface area contributed by atoms with Gasteiger partial charge in [0.05, 0.1) is 6.10 Å². The van der Waals surface area contributed by atoms with Crippen LogP contribution in [-0.4, -0.2) is 5.11 Å². The summed E-state index contributed by atoms with van der Waals surface area (Å²) in [7, 11) is 0. The molecule has 0 spiro atoms. The zero-order valence-electron chi connectivity index (χ0n) is 9.88. The van der Waals surface area contributed by atoms with Crippen LogP contribution in [0.1, 0.15) is 50.0 Å². The Hall–Kier alpha value is -0.820. The molecule has 0 fully saturated rings. The standard InChI is InChI=1S/C14H20O/c1-14(2,3)13(15)12-8-7-10-5-4-6-11(10)9-12/h7-9,13,15H,4-6H2,1-3H3. The summed E-state index contributed by atoms with van der Waals surface area (Å²) in [4.78, 5) is 0. The van der Waals surface area contributed by atoms with Crippen LogP contribution >= 0.6 is 0 Å². The summed E-state index contributed by atoms with van der Waals surface area (Å²) in [5.74, 6) is 0. The monoisotopic (exact) mass is 204 g/mol. The maximum absolute atomic E-state index is 10.2. The van der Waals surface area contributed by atoms with Crippen LogP contribution in [0.3, 0.4) is 0 Å². The molecule has 1 unspecified atom stereocenters. The Morgan fingerprint density at radius 3 is 2.47 bits per heavy atom. The lowest BCUT2D eigenvalue weighted by Gasteiger charge is -2.26. The molecule has 0 aliphatic heterocycles. The predicted molar refractivity (Wildman–Crippen MR) is 62.9 cm³/mol. The molecule has 0 radical (unpaired) electrons. The van der Waals surface area contributed by atoms with Crippen molar-refractivity contribution in [1.82, 2.24) is 0 Å². The normalized spacial score (nSPS) is 17.6. The van der Waals surface area contributed by atoms with Crippen LogP contribution in [0, 0.1) is 5.41 Å².